The highest BCUT2D eigenvalue weighted by atomic mass is 35.5. The first-order valence-corrected chi connectivity index (χ1v) is 4.25. The molecule has 1 rings (SSSR count). The number of halogens is 2. The van der Waals surface area contributed by atoms with Crippen LogP contribution in [0.3, 0.4) is 0 Å². The topological polar surface area (TPSA) is 56.3 Å². The Balaban J connectivity index is 3.28. The van der Waals surface area contributed by atoms with Crippen LogP contribution in [0.5, 0.6) is 0 Å². The van der Waals surface area contributed by atoms with E-state index in [9.17, 15) is 9.59 Å². The summed E-state index contributed by atoms with van der Waals surface area (Å²) in [5.41, 5.74) is 0.0223. The summed E-state index contributed by atoms with van der Waals surface area (Å²) < 4.78 is 4.44. The number of carbonyl (C=O) groups excluding carboxylic acids is 2. The Labute approximate surface area is 89.8 Å². The summed E-state index contributed by atoms with van der Waals surface area (Å²) >= 11 is 11.3. The highest BCUT2D eigenvalue weighted by molar-refractivity contribution is 6.35. The highest BCUT2D eigenvalue weighted by Crippen LogP contribution is 2.21. The van der Waals surface area contributed by atoms with Crippen LogP contribution in [0.4, 0.5) is 0 Å². The van der Waals surface area contributed by atoms with Crippen molar-refractivity contribution in [2.75, 3.05) is 7.11 Å². The van der Waals surface area contributed by atoms with E-state index < -0.39 is 5.97 Å². The highest BCUT2D eigenvalue weighted by Gasteiger charge is 2.15. The second-order valence-corrected chi connectivity index (χ2v) is 3.07. The van der Waals surface area contributed by atoms with Gasteiger partial charge in [0.1, 0.15) is 10.8 Å². The van der Waals surface area contributed by atoms with Crippen molar-refractivity contribution in [2.45, 2.75) is 0 Å². The fourth-order valence-corrected chi connectivity index (χ4v) is 1.23. The third-order valence-electron chi connectivity index (χ3n) is 1.47. The fraction of sp³-hybridized carbons (Fsp3) is 0.125. The monoisotopic (exact) mass is 233 g/mol. The van der Waals surface area contributed by atoms with E-state index >= 15 is 0 Å². The number of nitrogens with zero attached hydrogens (tertiary/aromatic N) is 1. The van der Waals surface area contributed by atoms with Crippen LogP contribution in [0.1, 0.15) is 20.8 Å². The first-order chi connectivity index (χ1) is 6.60. The van der Waals surface area contributed by atoms with Crippen LogP contribution >= 0.6 is 23.2 Å². The maximum Gasteiger partial charge on any atom is 0.341 e. The molecule has 1 heterocycles. The molecule has 0 aliphatic heterocycles. The Kier molecular flexibility index (Phi) is 3.43. The molecule has 4 nitrogen and oxygen atoms in total. The number of methoxy groups -OCH3 is 1. The number of pyridine rings is 1. The maximum atomic E-state index is 11.1. The Bertz CT molecular complexity index is 392. The van der Waals surface area contributed by atoms with E-state index in [1.807, 2.05) is 0 Å². The normalized spacial score (nSPS) is 9.64. The lowest BCUT2D eigenvalue weighted by Crippen LogP contribution is -2.05. The number of esters is 1. The summed E-state index contributed by atoms with van der Waals surface area (Å²) in [6.45, 7) is 0. The van der Waals surface area contributed by atoms with Crippen LogP contribution in [0, 0.1) is 0 Å². The molecule has 74 valence electrons. The summed E-state index contributed by atoms with van der Waals surface area (Å²) in [5.74, 6) is -0.651. The van der Waals surface area contributed by atoms with Crippen molar-refractivity contribution in [3.8, 4) is 0 Å². The van der Waals surface area contributed by atoms with E-state index in [0.29, 0.717) is 6.29 Å². The van der Waals surface area contributed by atoms with Crippen molar-refractivity contribution in [1.82, 2.24) is 4.98 Å². The molecule has 0 spiro atoms. The van der Waals surface area contributed by atoms with Crippen molar-refractivity contribution < 1.29 is 14.3 Å². The van der Waals surface area contributed by atoms with Gasteiger partial charge in [0.15, 0.2) is 6.29 Å². The van der Waals surface area contributed by atoms with E-state index in [-0.39, 0.29) is 21.4 Å². The molecular formula is C8H5Cl2NO3. The molecule has 0 aliphatic carbocycles. The Hall–Kier alpha value is -1.13. The van der Waals surface area contributed by atoms with Crippen LogP contribution in [0.2, 0.25) is 10.2 Å². The van der Waals surface area contributed by atoms with Gasteiger partial charge in [-0.3, -0.25) is 4.79 Å². The molecule has 1 aromatic heterocycles. The largest absolute Gasteiger partial charge is 0.465 e. The van der Waals surface area contributed by atoms with Crippen molar-refractivity contribution in [3.05, 3.63) is 27.5 Å². The molecule has 0 amide bonds. The third-order valence-corrected chi connectivity index (χ3v) is 2.06. The quantitative estimate of drug-likeness (QED) is 0.446. The van der Waals surface area contributed by atoms with Gasteiger partial charge in [0.25, 0.3) is 0 Å². The molecule has 0 aliphatic rings. The fourth-order valence-electron chi connectivity index (χ4n) is 0.815. The lowest BCUT2D eigenvalue weighted by Gasteiger charge is -2.03. The zero-order chi connectivity index (χ0) is 10.7. The SMILES string of the molecule is COC(=O)c1cc(Cl)c(C=O)nc1Cl. The molecule has 0 atom stereocenters. The molecular weight excluding hydrogens is 229 g/mol. The van der Waals surface area contributed by atoms with Gasteiger partial charge in [-0.15, -0.1) is 0 Å². The number of carbonyl (C=O) groups is 2. The molecule has 0 N–H and O–H groups in total. The lowest BCUT2D eigenvalue weighted by atomic mass is 10.2. The van der Waals surface area contributed by atoms with Gasteiger partial charge < -0.3 is 4.74 Å². The summed E-state index contributed by atoms with van der Waals surface area (Å²) in [4.78, 5) is 25.1. The molecule has 0 unspecified atom stereocenters. The molecule has 1 aromatic rings. The summed E-state index contributed by atoms with van der Waals surface area (Å²) in [5, 5.41) is -0.0480. The van der Waals surface area contributed by atoms with Crippen molar-refractivity contribution in [2.24, 2.45) is 0 Å². The third kappa shape index (κ3) is 2.02. The number of ether oxygens (including phenoxy) is 1. The number of aromatic nitrogens is 1. The van der Waals surface area contributed by atoms with Gasteiger partial charge in [0, 0.05) is 0 Å². The van der Waals surface area contributed by atoms with E-state index in [0.717, 1.165) is 0 Å². The molecule has 0 fully saturated rings. The van der Waals surface area contributed by atoms with E-state index in [2.05, 4.69) is 9.72 Å². The minimum Gasteiger partial charge on any atom is -0.465 e. The van der Waals surface area contributed by atoms with Gasteiger partial charge in [0.05, 0.1) is 17.7 Å². The summed E-state index contributed by atoms with van der Waals surface area (Å²) in [6.07, 6.45) is 0.454. The van der Waals surface area contributed by atoms with Crippen LogP contribution in [0.25, 0.3) is 0 Å². The van der Waals surface area contributed by atoms with Gasteiger partial charge >= 0.3 is 5.97 Å². The molecule has 0 radical (unpaired) electrons. The van der Waals surface area contributed by atoms with Crippen molar-refractivity contribution in [3.63, 3.8) is 0 Å². The summed E-state index contributed by atoms with van der Waals surface area (Å²) in [7, 11) is 1.21. The van der Waals surface area contributed by atoms with Crippen LogP contribution < -0.4 is 0 Å². The number of rotatable bonds is 2. The average Bonchev–Trinajstić information content (AvgIpc) is 2.19. The lowest BCUT2D eigenvalue weighted by molar-refractivity contribution is 0.0600. The molecule has 0 bridgehead atoms. The zero-order valence-corrected chi connectivity index (χ0v) is 8.59. The average molecular weight is 234 g/mol. The van der Waals surface area contributed by atoms with Gasteiger partial charge in [-0.1, -0.05) is 23.2 Å². The minimum absolute atomic E-state index is 0.00989. The van der Waals surface area contributed by atoms with E-state index in [1.54, 1.807) is 0 Å². The first-order valence-electron chi connectivity index (χ1n) is 3.49. The van der Waals surface area contributed by atoms with Gasteiger partial charge in [-0.25, -0.2) is 9.78 Å². The van der Waals surface area contributed by atoms with Gasteiger partial charge in [-0.05, 0) is 6.07 Å². The van der Waals surface area contributed by atoms with Crippen molar-refractivity contribution in [1.29, 1.82) is 0 Å². The zero-order valence-electron chi connectivity index (χ0n) is 7.08. The first kappa shape index (κ1) is 10.9. The van der Waals surface area contributed by atoms with Crippen LogP contribution in [-0.2, 0) is 4.74 Å². The van der Waals surface area contributed by atoms with E-state index in [4.69, 9.17) is 23.2 Å². The van der Waals surface area contributed by atoms with E-state index in [1.165, 1.54) is 13.2 Å². The second-order valence-electron chi connectivity index (χ2n) is 2.30. The predicted molar refractivity (Wildman–Crippen MR) is 51.0 cm³/mol. The second kappa shape index (κ2) is 4.39. The number of hydrogen-bond acceptors (Lipinski definition) is 4. The van der Waals surface area contributed by atoms with Gasteiger partial charge in [-0.2, -0.15) is 0 Å². The Morgan fingerprint density at radius 3 is 2.71 bits per heavy atom. The number of aldehydes is 1. The van der Waals surface area contributed by atoms with Crippen LogP contribution in [-0.4, -0.2) is 24.3 Å². The maximum absolute atomic E-state index is 11.1. The Morgan fingerprint density at radius 1 is 1.57 bits per heavy atom. The molecule has 14 heavy (non-hydrogen) atoms. The molecule has 0 saturated heterocycles. The van der Waals surface area contributed by atoms with Crippen molar-refractivity contribution >= 4 is 35.5 Å². The smallest absolute Gasteiger partial charge is 0.341 e. The Morgan fingerprint density at radius 2 is 2.21 bits per heavy atom. The van der Waals surface area contributed by atoms with Crippen LogP contribution in [0.15, 0.2) is 6.07 Å². The molecule has 0 saturated carbocycles. The van der Waals surface area contributed by atoms with Gasteiger partial charge in [0.2, 0.25) is 0 Å². The molecule has 6 heteroatoms. The molecule has 0 aromatic carbocycles. The minimum atomic E-state index is -0.651. The standard InChI is InChI=1S/C8H5Cl2NO3/c1-14-8(13)4-2-5(9)6(3-12)11-7(4)10/h2-3H,1H3. The summed E-state index contributed by atoms with van der Waals surface area (Å²) in [6, 6.07) is 1.24. The predicted octanol–water partition coefficient (Wildman–Crippen LogP) is 1.99. The number of hydrogen-bond donors (Lipinski definition) is 0.